The summed E-state index contributed by atoms with van der Waals surface area (Å²) in [6.45, 7) is 0. The van der Waals surface area contributed by atoms with Crippen molar-refractivity contribution in [2.45, 2.75) is 6.42 Å². The Balaban J connectivity index is 2.87. The molecule has 0 fully saturated rings. The number of methoxy groups -OCH3 is 1. The molecule has 0 aromatic heterocycles. The Bertz CT molecular complexity index is 263. The largest absolute Gasteiger partial charge is 0.497 e. The van der Waals surface area contributed by atoms with Gasteiger partial charge in [0, 0.05) is 4.47 Å². The minimum absolute atomic E-state index is 0.866. The molecule has 0 aliphatic rings. The van der Waals surface area contributed by atoms with Gasteiger partial charge in [-0.05, 0) is 29.9 Å². The molecule has 0 aliphatic carbocycles. The molecule has 1 nitrogen and oxygen atoms in total. The molecule has 0 saturated heterocycles. The van der Waals surface area contributed by atoms with Crippen molar-refractivity contribution >= 4 is 28.6 Å². The minimum atomic E-state index is 0.866. The van der Waals surface area contributed by atoms with E-state index in [0.29, 0.717) is 0 Å². The molecule has 1 rings (SSSR count). The van der Waals surface area contributed by atoms with E-state index >= 15 is 0 Å². The molecular formula is C9H11BrOS. The van der Waals surface area contributed by atoms with Crippen molar-refractivity contribution in [3.05, 3.63) is 28.2 Å². The van der Waals surface area contributed by atoms with Gasteiger partial charge in [-0.1, -0.05) is 22.0 Å². The third-order valence-electron chi connectivity index (χ3n) is 1.64. The molecule has 0 heterocycles. The fourth-order valence-electron chi connectivity index (χ4n) is 0.978. The topological polar surface area (TPSA) is 9.23 Å². The van der Waals surface area contributed by atoms with Crippen molar-refractivity contribution in [2.75, 3.05) is 12.9 Å². The second kappa shape index (κ2) is 4.77. The average molecular weight is 247 g/mol. The maximum Gasteiger partial charge on any atom is 0.120 e. The normalized spacial score (nSPS) is 9.92. The Morgan fingerprint density at radius 3 is 2.75 bits per heavy atom. The Morgan fingerprint density at radius 2 is 2.25 bits per heavy atom. The van der Waals surface area contributed by atoms with E-state index in [-0.39, 0.29) is 0 Å². The number of aryl methyl sites for hydroxylation is 1. The maximum atomic E-state index is 5.08. The summed E-state index contributed by atoms with van der Waals surface area (Å²) >= 11 is 7.65. The first kappa shape index (κ1) is 9.93. The first-order valence-electron chi connectivity index (χ1n) is 3.71. The fraction of sp³-hybridized carbons (Fsp3) is 0.333. The summed E-state index contributed by atoms with van der Waals surface area (Å²) in [5.74, 6) is 1.75. The van der Waals surface area contributed by atoms with Crippen LogP contribution in [0, 0.1) is 0 Å². The van der Waals surface area contributed by atoms with Gasteiger partial charge >= 0.3 is 0 Å². The zero-order chi connectivity index (χ0) is 8.97. The summed E-state index contributed by atoms with van der Waals surface area (Å²) in [5, 5.41) is 0. The summed E-state index contributed by atoms with van der Waals surface area (Å²) in [4.78, 5) is 0. The van der Waals surface area contributed by atoms with Crippen molar-refractivity contribution in [3.63, 3.8) is 0 Å². The predicted octanol–water partition coefficient (Wildman–Crippen LogP) is 2.93. The van der Waals surface area contributed by atoms with Crippen LogP contribution in [-0.2, 0) is 6.42 Å². The van der Waals surface area contributed by atoms with E-state index in [4.69, 9.17) is 4.74 Å². The summed E-state index contributed by atoms with van der Waals surface area (Å²) in [6.07, 6.45) is 0.980. The molecule has 66 valence electrons. The van der Waals surface area contributed by atoms with Gasteiger partial charge in [-0.2, -0.15) is 12.6 Å². The van der Waals surface area contributed by atoms with E-state index < -0.39 is 0 Å². The van der Waals surface area contributed by atoms with Gasteiger partial charge in [0.15, 0.2) is 0 Å². The van der Waals surface area contributed by atoms with Crippen LogP contribution in [0.2, 0.25) is 0 Å². The van der Waals surface area contributed by atoms with Gasteiger partial charge in [0.1, 0.15) is 5.75 Å². The van der Waals surface area contributed by atoms with E-state index in [0.717, 1.165) is 22.4 Å². The van der Waals surface area contributed by atoms with Crippen molar-refractivity contribution in [3.8, 4) is 5.75 Å². The van der Waals surface area contributed by atoms with Crippen LogP contribution in [0.4, 0.5) is 0 Å². The first-order chi connectivity index (χ1) is 5.77. The Morgan fingerprint density at radius 1 is 1.50 bits per heavy atom. The van der Waals surface area contributed by atoms with E-state index in [1.54, 1.807) is 7.11 Å². The quantitative estimate of drug-likeness (QED) is 0.808. The molecule has 0 radical (unpaired) electrons. The second-order valence-electron chi connectivity index (χ2n) is 2.43. The fourth-order valence-corrected chi connectivity index (χ4v) is 1.78. The highest BCUT2D eigenvalue weighted by atomic mass is 79.9. The number of rotatable bonds is 3. The number of halogens is 1. The highest BCUT2D eigenvalue weighted by Crippen LogP contribution is 2.23. The predicted molar refractivity (Wildman–Crippen MR) is 58.3 cm³/mol. The zero-order valence-electron chi connectivity index (χ0n) is 6.88. The highest BCUT2D eigenvalue weighted by molar-refractivity contribution is 9.10. The first-order valence-corrected chi connectivity index (χ1v) is 5.13. The number of thiol groups is 1. The van der Waals surface area contributed by atoms with Gasteiger partial charge in [-0.15, -0.1) is 0 Å². The van der Waals surface area contributed by atoms with E-state index in [1.807, 2.05) is 12.1 Å². The summed E-state index contributed by atoms with van der Waals surface area (Å²) in [5.41, 5.74) is 1.27. The van der Waals surface area contributed by atoms with Gasteiger partial charge in [0.25, 0.3) is 0 Å². The van der Waals surface area contributed by atoms with Crippen molar-refractivity contribution < 1.29 is 4.74 Å². The smallest absolute Gasteiger partial charge is 0.120 e. The average Bonchev–Trinajstić information content (AvgIpc) is 2.09. The molecule has 1 aromatic rings. The number of ether oxygens (including phenoxy) is 1. The third-order valence-corrected chi connectivity index (χ3v) is 2.60. The molecule has 0 spiro atoms. The molecule has 12 heavy (non-hydrogen) atoms. The van der Waals surface area contributed by atoms with Crippen LogP contribution < -0.4 is 4.74 Å². The van der Waals surface area contributed by atoms with Crippen LogP contribution >= 0.6 is 28.6 Å². The molecule has 3 heteroatoms. The lowest BCUT2D eigenvalue weighted by Gasteiger charge is -2.04. The molecule has 0 saturated carbocycles. The second-order valence-corrected chi connectivity index (χ2v) is 3.73. The summed E-state index contributed by atoms with van der Waals surface area (Å²) in [7, 11) is 1.67. The van der Waals surface area contributed by atoms with Gasteiger partial charge in [0.2, 0.25) is 0 Å². The van der Waals surface area contributed by atoms with Crippen LogP contribution in [0.1, 0.15) is 5.56 Å². The van der Waals surface area contributed by atoms with Gasteiger partial charge in [-0.25, -0.2) is 0 Å². The molecule has 0 atom stereocenters. The van der Waals surface area contributed by atoms with Crippen LogP contribution in [0.15, 0.2) is 22.7 Å². The van der Waals surface area contributed by atoms with Crippen LogP contribution in [-0.4, -0.2) is 12.9 Å². The number of hydrogen-bond donors (Lipinski definition) is 1. The van der Waals surface area contributed by atoms with Crippen molar-refractivity contribution in [1.29, 1.82) is 0 Å². The molecular weight excluding hydrogens is 236 g/mol. The molecule has 0 bridgehead atoms. The summed E-state index contributed by atoms with van der Waals surface area (Å²) in [6, 6.07) is 5.99. The van der Waals surface area contributed by atoms with E-state index in [1.165, 1.54) is 5.56 Å². The van der Waals surface area contributed by atoms with Crippen molar-refractivity contribution in [1.82, 2.24) is 0 Å². The SMILES string of the molecule is COc1ccc(CCS)c(Br)c1. The molecule has 0 N–H and O–H groups in total. The lowest BCUT2D eigenvalue weighted by molar-refractivity contribution is 0.414. The van der Waals surface area contributed by atoms with Crippen molar-refractivity contribution in [2.24, 2.45) is 0 Å². The molecule has 0 amide bonds. The lowest BCUT2D eigenvalue weighted by Crippen LogP contribution is -1.89. The van der Waals surface area contributed by atoms with Gasteiger partial charge in [-0.3, -0.25) is 0 Å². The van der Waals surface area contributed by atoms with Crippen LogP contribution in [0.25, 0.3) is 0 Å². The van der Waals surface area contributed by atoms with Crippen LogP contribution in [0.3, 0.4) is 0 Å². The highest BCUT2D eigenvalue weighted by Gasteiger charge is 1.99. The number of benzene rings is 1. The Labute approximate surface area is 86.7 Å². The minimum Gasteiger partial charge on any atom is -0.497 e. The Hall–Kier alpha value is -0.150. The molecule has 0 unspecified atom stereocenters. The standard InChI is InChI=1S/C9H11BrOS/c1-11-8-3-2-7(4-5-12)9(10)6-8/h2-3,6,12H,4-5H2,1H3. The molecule has 1 aromatic carbocycles. The van der Waals surface area contributed by atoms with Crippen LogP contribution in [0.5, 0.6) is 5.75 Å². The van der Waals surface area contributed by atoms with E-state index in [9.17, 15) is 0 Å². The van der Waals surface area contributed by atoms with Gasteiger partial charge < -0.3 is 4.74 Å². The monoisotopic (exact) mass is 246 g/mol. The van der Waals surface area contributed by atoms with Gasteiger partial charge in [0.05, 0.1) is 7.11 Å². The maximum absolute atomic E-state index is 5.08. The van der Waals surface area contributed by atoms with E-state index in [2.05, 4.69) is 34.6 Å². The summed E-state index contributed by atoms with van der Waals surface area (Å²) < 4.78 is 6.17. The Kier molecular flexibility index (Phi) is 3.95. The lowest BCUT2D eigenvalue weighted by atomic mass is 10.2. The number of hydrogen-bond acceptors (Lipinski definition) is 2. The zero-order valence-corrected chi connectivity index (χ0v) is 9.36. The third kappa shape index (κ3) is 2.42. The molecule has 0 aliphatic heterocycles.